The molecule has 1 amide bonds. The van der Waals surface area contributed by atoms with Crippen molar-refractivity contribution in [3.63, 3.8) is 0 Å². The summed E-state index contributed by atoms with van der Waals surface area (Å²) >= 11 is 6.33. The molecular weight excluding hydrogens is 290 g/mol. The average Bonchev–Trinajstić information content (AvgIpc) is 2.95. The van der Waals surface area contributed by atoms with Gasteiger partial charge in [-0.3, -0.25) is 4.79 Å². The Kier molecular flexibility index (Phi) is 3.82. The zero-order valence-electron chi connectivity index (χ0n) is 12.3. The summed E-state index contributed by atoms with van der Waals surface area (Å²) in [4.78, 5) is 16.0. The van der Waals surface area contributed by atoms with Crippen LogP contribution in [0, 0.1) is 0 Å². The molecule has 3 rings (SSSR count). The molecule has 1 fully saturated rings. The van der Waals surface area contributed by atoms with Crippen molar-refractivity contribution in [1.29, 1.82) is 0 Å². The maximum atomic E-state index is 11.5. The predicted octanol–water partition coefficient (Wildman–Crippen LogP) is 1.86. The molecule has 0 spiro atoms. The van der Waals surface area contributed by atoms with E-state index in [1.807, 2.05) is 13.1 Å². The molecule has 0 radical (unpaired) electrons. The summed E-state index contributed by atoms with van der Waals surface area (Å²) < 4.78 is 0. The molecular formula is C15H20ClN3O2. The quantitative estimate of drug-likeness (QED) is 0.895. The average molecular weight is 310 g/mol. The van der Waals surface area contributed by atoms with E-state index in [9.17, 15) is 9.90 Å². The third-order valence-corrected chi connectivity index (χ3v) is 4.79. The number of halogens is 1. The van der Waals surface area contributed by atoms with E-state index < -0.39 is 12.0 Å². The molecule has 1 aromatic carbocycles. The number of likely N-dealkylation sites (N-methyl/N-ethyl adjacent to an activating group) is 2. The van der Waals surface area contributed by atoms with Crippen LogP contribution in [-0.2, 0) is 4.79 Å². The van der Waals surface area contributed by atoms with Gasteiger partial charge in [0.15, 0.2) is 6.10 Å². The molecule has 0 aliphatic carbocycles. The molecule has 0 aromatic heterocycles. The van der Waals surface area contributed by atoms with Crippen LogP contribution in [0.1, 0.15) is 24.5 Å². The first kappa shape index (κ1) is 14.6. The monoisotopic (exact) mass is 309 g/mol. The van der Waals surface area contributed by atoms with Crippen LogP contribution in [0.5, 0.6) is 0 Å². The molecule has 6 heteroatoms. The molecule has 0 bridgehead atoms. The Hall–Kier alpha value is -1.30. The van der Waals surface area contributed by atoms with E-state index >= 15 is 0 Å². The highest BCUT2D eigenvalue weighted by Gasteiger charge is 2.30. The lowest BCUT2D eigenvalue weighted by molar-refractivity contribution is -0.123. The van der Waals surface area contributed by atoms with Crippen molar-refractivity contribution in [3.05, 3.63) is 22.7 Å². The van der Waals surface area contributed by atoms with Gasteiger partial charge in [0.2, 0.25) is 0 Å². The predicted molar refractivity (Wildman–Crippen MR) is 84.0 cm³/mol. The van der Waals surface area contributed by atoms with Gasteiger partial charge in [0.25, 0.3) is 5.91 Å². The molecule has 2 atom stereocenters. The molecule has 2 unspecified atom stereocenters. The van der Waals surface area contributed by atoms with Crippen LogP contribution in [0.4, 0.5) is 11.4 Å². The Balaban J connectivity index is 1.82. The molecule has 1 saturated heterocycles. The third kappa shape index (κ3) is 2.61. The Bertz CT molecular complexity index is 578. The van der Waals surface area contributed by atoms with Crippen LogP contribution in [-0.4, -0.2) is 49.1 Å². The zero-order chi connectivity index (χ0) is 15.1. The van der Waals surface area contributed by atoms with Gasteiger partial charge in [0.1, 0.15) is 0 Å². The number of carbonyl (C=O) groups excluding carboxylic acids is 1. The molecule has 2 aliphatic rings. The first-order chi connectivity index (χ1) is 9.97. The number of aliphatic hydroxyl groups excluding tert-OH is 1. The molecule has 114 valence electrons. The smallest absolute Gasteiger partial charge is 0.257 e. The van der Waals surface area contributed by atoms with E-state index in [4.69, 9.17) is 11.6 Å². The molecule has 2 aliphatic heterocycles. The number of hydrogen-bond donors (Lipinski definition) is 2. The number of carbonyl (C=O) groups is 1. The van der Waals surface area contributed by atoms with Gasteiger partial charge < -0.3 is 20.2 Å². The van der Waals surface area contributed by atoms with Crippen LogP contribution in [0.15, 0.2) is 12.1 Å². The highest BCUT2D eigenvalue weighted by Crippen LogP contribution is 2.38. The van der Waals surface area contributed by atoms with Crippen molar-refractivity contribution in [3.8, 4) is 0 Å². The maximum Gasteiger partial charge on any atom is 0.257 e. The summed E-state index contributed by atoms with van der Waals surface area (Å²) in [5.74, 6) is -0.392. The van der Waals surface area contributed by atoms with E-state index in [2.05, 4.69) is 22.2 Å². The summed E-state index contributed by atoms with van der Waals surface area (Å²) in [5, 5.41) is 13.0. The molecule has 2 heterocycles. The number of benzene rings is 1. The fourth-order valence-corrected chi connectivity index (χ4v) is 3.49. The summed E-state index contributed by atoms with van der Waals surface area (Å²) in [6.45, 7) is 2.03. The summed E-state index contributed by atoms with van der Waals surface area (Å²) in [5.41, 5.74) is 2.09. The van der Waals surface area contributed by atoms with Crippen LogP contribution in [0.25, 0.3) is 0 Å². The molecule has 0 saturated carbocycles. The first-order valence-electron chi connectivity index (χ1n) is 7.21. The largest absolute Gasteiger partial charge is 0.378 e. The second kappa shape index (κ2) is 5.48. The molecule has 1 aromatic rings. The van der Waals surface area contributed by atoms with Gasteiger partial charge >= 0.3 is 0 Å². The van der Waals surface area contributed by atoms with Gasteiger partial charge in [0, 0.05) is 30.9 Å². The Morgan fingerprint density at radius 3 is 2.95 bits per heavy atom. The number of hydrogen-bond acceptors (Lipinski definition) is 4. The number of likely N-dealkylation sites (tertiary alicyclic amines) is 1. The van der Waals surface area contributed by atoms with Crippen LogP contribution in [0.3, 0.4) is 0 Å². The maximum absolute atomic E-state index is 11.5. The number of aliphatic hydroxyl groups is 1. The van der Waals surface area contributed by atoms with Gasteiger partial charge in [-0.25, -0.2) is 0 Å². The number of nitrogens with zero attached hydrogens (tertiary/aromatic N) is 2. The van der Waals surface area contributed by atoms with Crippen molar-refractivity contribution < 1.29 is 9.90 Å². The molecule has 2 N–H and O–H groups in total. The highest BCUT2D eigenvalue weighted by molar-refractivity contribution is 6.33. The second-order valence-electron chi connectivity index (χ2n) is 5.94. The van der Waals surface area contributed by atoms with E-state index in [0.717, 1.165) is 18.8 Å². The number of fused-ring (bicyclic) bond motifs is 1. The minimum absolute atomic E-state index is 0.392. The Morgan fingerprint density at radius 1 is 1.52 bits per heavy atom. The van der Waals surface area contributed by atoms with Gasteiger partial charge in [-0.1, -0.05) is 11.6 Å². The van der Waals surface area contributed by atoms with Crippen LogP contribution < -0.4 is 10.2 Å². The third-order valence-electron chi connectivity index (χ3n) is 4.49. The van der Waals surface area contributed by atoms with Crippen molar-refractivity contribution in [2.75, 3.05) is 37.4 Å². The highest BCUT2D eigenvalue weighted by atomic mass is 35.5. The topological polar surface area (TPSA) is 55.8 Å². The first-order valence-corrected chi connectivity index (χ1v) is 7.59. The minimum Gasteiger partial charge on any atom is -0.378 e. The fourth-order valence-electron chi connectivity index (χ4n) is 3.17. The van der Waals surface area contributed by atoms with Gasteiger partial charge in [0.05, 0.1) is 10.7 Å². The Labute approximate surface area is 129 Å². The van der Waals surface area contributed by atoms with Gasteiger partial charge in [-0.2, -0.15) is 0 Å². The fraction of sp³-hybridized carbons (Fsp3) is 0.533. The summed E-state index contributed by atoms with van der Waals surface area (Å²) in [7, 11) is 4.15. The zero-order valence-corrected chi connectivity index (χ0v) is 13.0. The van der Waals surface area contributed by atoms with E-state index in [-0.39, 0.29) is 0 Å². The summed E-state index contributed by atoms with van der Waals surface area (Å²) in [6, 6.07) is 4.06. The number of amides is 1. The van der Waals surface area contributed by atoms with Gasteiger partial charge in [-0.05, 0) is 38.6 Å². The number of nitrogens with one attached hydrogen (secondary N) is 1. The lowest BCUT2D eigenvalue weighted by Crippen LogP contribution is -2.36. The van der Waals surface area contributed by atoms with E-state index in [1.165, 1.54) is 12.8 Å². The van der Waals surface area contributed by atoms with Crippen molar-refractivity contribution >= 4 is 28.9 Å². The lowest BCUT2D eigenvalue weighted by Gasteiger charge is -2.28. The normalized spacial score (nSPS) is 25.0. The van der Waals surface area contributed by atoms with Crippen molar-refractivity contribution in [2.24, 2.45) is 0 Å². The van der Waals surface area contributed by atoms with Crippen LogP contribution >= 0.6 is 11.6 Å². The number of anilines is 2. The van der Waals surface area contributed by atoms with Crippen LogP contribution in [0.2, 0.25) is 5.02 Å². The Morgan fingerprint density at radius 2 is 2.29 bits per heavy atom. The van der Waals surface area contributed by atoms with E-state index in [0.29, 0.717) is 22.3 Å². The summed E-state index contributed by atoms with van der Waals surface area (Å²) in [6.07, 6.45) is 1.31. The van der Waals surface area contributed by atoms with Gasteiger partial charge in [-0.15, -0.1) is 0 Å². The lowest BCUT2D eigenvalue weighted by atomic mass is 10.1. The molecule has 21 heavy (non-hydrogen) atoms. The SMILES string of the molecule is CN(CC1CCCN1C)c1cc2c(cc1Cl)C(O)C(=O)N2. The van der Waals surface area contributed by atoms with Crippen molar-refractivity contribution in [1.82, 2.24) is 4.90 Å². The van der Waals surface area contributed by atoms with Crippen molar-refractivity contribution in [2.45, 2.75) is 25.0 Å². The molecule has 5 nitrogen and oxygen atoms in total. The standard InChI is InChI=1S/C15H20ClN3O2/c1-18-5-3-4-9(18)8-19(2)13-7-12-10(6-11(13)16)14(20)15(21)17-12/h6-7,9,14,20H,3-5,8H2,1-2H3,(H,17,21). The minimum atomic E-state index is -1.11. The van der Waals surface area contributed by atoms with E-state index in [1.54, 1.807) is 6.07 Å². The second-order valence-corrected chi connectivity index (χ2v) is 6.35. The number of rotatable bonds is 3.